The number of hydrogen-bond acceptors (Lipinski definition) is 3. The number of rotatable bonds is 4. The van der Waals surface area contributed by atoms with Crippen molar-refractivity contribution in [3.8, 4) is 0 Å². The van der Waals surface area contributed by atoms with Gasteiger partial charge < -0.3 is 20.9 Å². The highest BCUT2D eigenvalue weighted by atomic mass is 16.2. The van der Waals surface area contributed by atoms with Crippen molar-refractivity contribution in [3.63, 3.8) is 0 Å². The lowest BCUT2D eigenvalue weighted by molar-refractivity contribution is -0.139. The van der Waals surface area contributed by atoms with Crippen molar-refractivity contribution in [2.24, 2.45) is 11.7 Å². The van der Waals surface area contributed by atoms with Gasteiger partial charge in [0.1, 0.15) is 5.69 Å². The Morgan fingerprint density at radius 1 is 1.35 bits per heavy atom. The number of nitrogens with two attached hydrogens (primary N) is 1. The molecule has 2 aliphatic heterocycles. The van der Waals surface area contributed by atoms with Crippen LogP contribution in [0.2, 0.25) is 0 Å². The molecule has 1 aliphatic carbocycles. The van der Waals surface area contributed by atoms with E-state index in [1.807, 2.05) is 36.1 Å². The molecule has 26 heavy (non-hydrogen) atoms. The average Bonchev–Trinajstić information content (AvgIpc) is 3.08. The average molecular weight is 354 g/mol. The quantitative estimate of drug-likeness (QED) is 0.783. The van der Waals surface area contributed by atoms with Gasteiger partial charge in [0.15, 0.2) is 0 Å². The molecule has 5 rings (SSSR count). The van der Waals surface area contributed by atoms with Crippen LogP contribution in [-0.4, -0.2) is 46.9 Å². The van der Waals surface area contributed by atoms with Crippen LogP contribution in [0.3, 0.4) is 0 Å². The molecule has 1 aromatic carbocycles. The first-order valence-corrected chi connectivity index (χ1v) is 9.45. The first kappa shape index (κ1) is 17.1. The fraction of sp³-hybridized carbons (Fsp3) is 0.500. The molecule has 2 amide bonds. The monoisotopic (exact) mass is 354 g/mol. The SMILES string of the molecule is Cc1cccc2cc(C(=O)N[C@@H]3C[C@H]4CC[C@@H]3CN4C(=O)CCN)[nH]c12. The third-order valence-corrected chi connectivity index (χ3v) is 5.94. The van der Waals surface area contributed by atoms with E-state index in [-0.39, 0.29) is 23.9 Å². The fourth-order valence-corrected chi connectivity index (χ4v) is 4.54. The van der Waals surface area contributed by atoms with E-state index in [9.17, 15) is 9.59 Å². The number of amides is 2. The number of carbonyl (C=O) groups excluding carboxylic acids is 2. The molecule has 2 saturated heterocycles. The van der Waals surface area contributed by atoms with Crippen LogP contribution in [0.5, 0.6) is 0 Å². The highest BCUT2D eigenvalue weighted by molar-refractivity contribution is 5.98. The molecule has 1 saturated carbocycles. The Balaban J connectivity index is 1.45. The molecular formula is C20H26N4O2. The summed E-state index contributed by atoms with van der Waals surface area (Å²) in [5, 5.41) is 4.26. The van der Waals surface area contributed by atoms with Gasteiger partial charge in [0.25, 0.3) is 5.91 Å². The van der Waals surface area contributed by atoms with Crippen molar-refractivity contribution in [2.45, 2.75) is 44.7 Å². The van der Waals surface area contributed by atoms with Crippen LogP contribution >= 0.6 is 0 Å². The molecule has 4 N–H and O–H groups in total. The molecule has 6 heteroatoms. The predicted molar refractivity (Wildman–Crippen MR) is 101 cm³/mol. The third-order valence-electron chi connectivity index (χ3n) is 5.94. The number of aromatic amines is 1. The molecule has 3 heterocycles. The number of para-hydroxylation sites is 1. The molecule has 0 spiro atoms. The van der Waals surface area contributed by atoms with E-state index in [2.05, 4.69) is 10.3 Å². The smallest absolute Gasteiger partial charge is 0.267 e. The van der Waals surface area contributed by atoms with Gasteiger partial charge in [-0.15, -0.1) is 0 Å². The lowest BCUT2D eigenvalue weighted by atomic mass is 9.76. The summed E-state index contributed by atoms with van der Waals surface area (Å²) in [6, 6.07) is 8.33. The predicted octanol–water partition coefficient (Wildman–Crippen LogP) is 1.93. The molecule has 3 aliphatic rings. The molecule has 2 bridgehead atoms. The summed E-state index contributed by atoms with van der Waals surface area (Å²) >= 11 is 0. The third kappa shape index (κ3) is 2.98. The number of carbonyl (C=O) groups is 2. The van der Waals surface area contributed by atoms with Gasteiger partial charge in [0, 0.05) is 42.5 Å². The number of H-pyrrole nitrogens is 1. The Morgan fingerprint density at radius 3 is 2.88 bits per heavy atom. The number of fused-ring (bicyclic) bond motifs is 4. The van der Waals surface area contributed by atoms with Crippen molar-refractivity contribution in [3.05, 3.63) is 35.5 Å². The van der Waals surface area contributed by atoms with Crippen LogP contribution in [-0.2, 0) is 4.79 Å². The summed E-state index contributed by atoms with van der Waals surface area (Å²) < 4.78 is 0. The van der Waals surface area contributed by atoms with Crippen LogP contribution in [0.4, 0.5) is 0 Å². The summed E-state index contributed by atoms with van der Waals surface area (Å²) in [5.74, 6) is 0.424. The summed E-state index contributed by atoms with van der Waals surface area (Å²) in [6.07, 6.45) is 3.34. The molecule has 1 aromatic heterocycles. The van der Waals surface area contributed by atoms with Crippen LogP contribution in [0, 0.1) is 12.8 Å². The fourth-order valence-electron chi connectivity index (χ4n) is 4.54. The number of hydrogen-bond donors (Lipinski definition) is 3. The minimum absolute atomic E-state index is 0.0574. The van der Waals surface area contributed by atoms with E-state index in [0.717, 1.165) is 42.3 Å². The van der Waals surface area contributed by atoms with Gasteiger partial charge in [-0.3, -0.25) is 9.59 Å². The van der Waals surface area contributed by atoms with Crippen LogP contribution in [0.25, 0.3) is 10.9 Å². The van der Waals surface area contributed by atoms with Crippen molar-refractivity contribution in [1.29, 1.82) is 0 Å². The molecule has 0 unspecified atom stereocenters. The maximum absolute atomic E-state index is 12.7. The summed E-state index contributed by atoms with van der Waals surface area (Å²) in [7, 11) is 0. The van der Waals surface area contributed by atoms with Gasteiger partial charge in [-0.25, -0.2) is 0 Å². The zero-order chi connectivity index (χ0) is 18.3. The van der Waals surface area contributed by atoms with E-state index in [4.69, 9.17) is 5.73 Å². The first-order valence-electron chi connectivity index (χ1n) is 9.45. The lowest BCUT2D eigenvalue weighted by Gasteiger charge is -2.49. The Kier molecular flexibility index (Phi) is 4.44. The van der Waals surface area contributed by atoms with E-state index in [0.29, 0.717) is 24.6 Å². The van der Waals surface area contributed by atoms with Crippen LogP contribution < -0.4 is 11.1 Å². The summed E-state index contributed by atoms with van der Waals surface area (Å²) in [6.45, 7) is 3.17. The largest absolute Gasteiger partial charge is 0.350 e. The van der Waals surface area contributed by atoms with Crippen molar-refractivity contribution < 1.29 is 9.59 Å². The van der Waals surface area contributed by atoms with Crippen molar-refractivity contribution >= 4 is 22.7 Å². The Morgan fingerprint density at radius 2 is 2.19 bits per heavy atom. The zero-order valence-corrected chi connectivity index (χ0v) is 15.1. The molecule has 3 atom stereocenters. The number of aromatic nitrogens is 1. The maximum atomic E-state index is 12.7. The molecule has 138 valence electrons. The van der Waals surface area contributed by atoms with Gasteiger partial charge in [-0.05, 0) is 43.7 Å². The van der Waals surface area contributed by atoms with E-state index < -0.39 is 0 Å². The van der Waals surface area contributed by atoms with Crippen LogP contribution in [0.1, 0.15) is 41.7 Å². The number of nitrogens with one attached hydrogen (secondary N) is 2. The highest BCUT2D eigenvalue weighted by Gasteiger charge is 2.42. The second-order valence-corrected chi connectivity index (χ2v) is 7.61. The Labute approximate surface area is 153 Å². The van der Waals surface area contributed by atoms with Gasteiger partial charge >= 0.3 is 0 Å². The number of aryl methyl sites for hydroxylation is 1. The topological polar surface area (TPSA) is 91.2 Å². The maximum Gasteiger partial charge on any atom is 0.267 e. The standard InChI is InChI=1S/C20H26N4O2/c1-12-3-2-4-13-9-17(22-19(12)13)20(26)23-16-10-15-6-5-14(16)11-24(15)18(25)7-8-21/h2-4,9,14-16,22H,5-8,10-11,21H2,1H3,(H,23,26)/t14-,15-,16-/m1/s1. The Hall–Kier alpha value is -2.34. The zero-order valence-electron chi connectivity index (χ0n) is 15.1. The summed E-state index contributed by atoms with van der Waals surface area (Å²) in [4.78, 5) is 30.2. The second kappa shape index (κ2) is 6.76. The minimum atomic E-state index is -0.0574. The van der Waals surface area contributed by atoms with Crippen molar-refractivity contribution in [1.82, 2.24) is 15.2 Å². The minimum Gasteiger partial charge on any atom is -0.350 e. The number of nitrogens with zero attached hydrogens (tertiary/aromatic N) is 1. The Bertz CT molecular complexity index is 843. The van der Waals surface area contributed by atoms with E-state index in [1.165, 1.54) is 0 Å². The molecule has 0 radical (unpaired) electrons. The molecule has 3 fully saturated rings. The second-order valence-electron chi connectivity index (χ2n) is 7.61. The van der Waals surface area contributed by atoms with Gasteiger partial charge in [-0.2, -0.15) is 0 Å². The molecule has 2 aromatic rings. The van der Waals surface area contributed by atoms with E-state index in [1.54, 1.807) is 0 Å². The highest BCUT2D eigenvalue weighted by Crippen LogP contribution is 2.35. The number of benzene rings is 1. The van der Waals surface area contributed by atoms with Gasteiger partial charge in [-0.1, -0.05) is 18.2 Å². The molecule has 6 nitrogen and oxygen atoms in total. The van der Waals surface area contributed by atoms with Crippen LogP contribution in [0.15, 0.2) is 24.3 Å². The normalized spacial score (nSPS) is 24.8. The summed E-state index contributed by atoms with van der Waals surface area (Å²) in [5.41, 5.74) is 8.28. The molecular weight excluding hydrogens is 328 g/mol. The van der Waals surface area contributed by atoms with Gasteiger partial charge in [0.05, 0.1) is 0 Å². The number of piperidine rings is 2. The lowest BCUT2D eigenvalue weighted by Crippen LogP contribution is -2.60. The first-order chi connectivity index (χ1) is 12.6. The van der Waals surface area contributed by atoms with Gasteiger partial charge in [0.2, 0.25) is 5.91 Å². The van der Waals surface area contributed by atoms with Crippen molar-refractivity contribution in [2.75, 3.05) is 13.1 Å². The van der Waals surface area contributed by atoms with E-state index >= 15 is 0 Å².